The molecule has 1 aliphatic rings. The second kappa shape index (κ2) is 9.13. The van der Waals surface area contributed by atoms with Crippen LogP contribution >= 0.6 is 39.7 Å². The molecule has 1 fully saturated rings. The van der Waals surface area contributed by atoms with E-state index in [0.29, 0.717) is 0 Å². The number of rotatable bonds is 5. The van der Waals surface area contributed by atoms with Crippen molar-refractivity contribution in [3.05, 3.63) is 20.8 Å². The minimum atomic E-state index is -0.0137. The maximum atomic E-state index is 12.5. The molecule has 0 aromatic carbocycles. The molecule has 3 nitrogen and oxygen atoms in total. The van der Waals surface area contributed by atoms with Gasteiger partial charge in [0, 0.05) is 18.0 Å². The second-order valence-electron chi connectivity index (χ2n) is 5.52. The fourth-order valence-corrected chi connectivity index (χ4v) is 4.21. The zero-order valence-electron chi connectivity index (χ0n) is 12.6. The summed E-state index contributed by atoms with van der Waals surface area (Å²) in [6, 6.07) is 4.07. The lowest BCUT2D eigenvalue weighted by Gasteiger charge is -2.33. The number of carbonyl (C=O) groups is 1. The molecule has 1 unspecified atom stereocenters. The largest absolute Gasteiger partial charge is 0.342 e. The van der Waals surface area contributed by atoms with E-state index in [2.05, 4.69) is 27.3 Å². The fraction of sp³-hybridized carbons (Fsp3) is 0.667. The second-order valence-corrected chi connectivity index (χ2v) is 8.02. The standard InChI is InChI=1S/C15H23BrN2OS.ClH/c1-11(13-3-4-14(16)20-13)15(19)18-9-6-12(7-10-18)5-8-17-2;/h3-4,11-12,17H,5-10H2,1-2H3;1H. The van der Waals surface area contributed by atoms with Gasteiger partial charge in [0.25, 0.3) is 0 Å². The van der Waals surface area contributed by atoms with E-state index in [1.165, 1.54) is 6.42 Å². The van der Waals surface area contributed by atoms with Crippen molar-refractivity contribution < 1.29 is 4.79 Å². The van der Waals surface area contributed by atoms with Gasteiger partial charge < -0.3 is 10.2 Å². The Hall–Kier alpha value is -0.100. The molecule has 0 radical (unpaired) electrons. The summed E-state index contributed by atoms with van der Waals surface area (Å²) in [5, 5.41) is 3.21. The van der Waals surface area contributed by atoms with Gasteiger partial charge in [0.1, 0.15) is 0 Å². The summed E-state index contributed by atoms with van der Waals surface area (Å²) >= 11 is 5.13. The highest BCUT2D eigenvalue weighted by molar-refractivity contribution is 9.11. The van der Waals surface area contributed by atoms with Gasteiger partial charge >= 0.3 is 0 Å². The fourth-order valence-electron chi connectivity index (χ4n) is 2.75. The molecule has 2 heterocycles. The first-order chi connectivity index (χ1) is 9.61. The van der Waals surface area contributed by atoms with Crippen molar-refractivity contribution in [2.45, 2.75) is 32.1 Å². The van der Waals surface area contributed by atoms with Crippen molar-refractivity contribution in [3.8, 4) is 0 Å². The van der Waals surface area contributed by atoms with Crippen LogP contribution in [0, 0.1) is 5.92 Å². The van der Waals surface area contributed by atoms with E-state index >= 15 is 0 Å². The van der Waals surface area contributed by atoms with Crippen molar-refractivity contribution in [3.63, 3.8) is 0 Å². The van der Waals surface area contributed by atoms with Crippen LogP contribution in [0.5, 0.6) is 0 Å². The molecular formula is C15H24BrClN2OS. The van der Waals surface area contributed by atoms with E-state index in [0.717, 1.165) is 47.1 Å². The van der Waals surface area contributed by atoms with E-state index in [9.17, 15) is 4.79 Å². The Morgan fingerprint density at radius 3 is 2.67 bits per heavy atom. The molecule has 120 valence electrons. The number of carbonyl (C=O) groups excluding carboxylic acids is 1. The molecule has 1 aliphatic heterocycles. The summed E-state index contributed by atoms with van der Waals surface area (Å²) in [6.45, 7) is 4.94. The SMILES string of the molecule is CNCCC1CCN(C(=O)C(C)c2ccc(Br)s2)CC1.Cl. The number of thiophene rings is 1. The van der Waals surface area contributed by atoms with Gasteiger partial charge in [-0.25, -0.2) is 0 Å². The number of piperidine rings is 1. The van der Waals surface area contributed by atoms with Crippen LogP contribution in [0.25, 0.3) is 0 Å². The maximum absolute atomic E-state index is 12.5. The van der Waals surface area contributed by atoms with E-state index in [1.807, 2.05) is 24.9 Å². The Morgan fingerprint density at radius 2 is 2.14 bits per heavy atom. The van der Waals surface area contributed by atoms with Crippen LogP contribution in [-0.4, -0.2) is 37.5 Å². The third-order valence-electron chi connectivity index (χ3n) is 4.12. The van der Waals surface area contributed by atoms with Crippen LogP contribution in [0.1, 0.15) is 37.0 Å². The van der Waals surface area contributed by atoms with Crippen molar-refractivity contribution in [1.82, 2.24) is 10.2 Å². The molecule has 1 aromatic heterocycles. The van der Waals surface area contributed by atoms with Crippen molar-refractivity contribution >= 4 is 45.6 Å². The molecule has 1 atom stereocenters. The van der Waals surface area contributed by atoms with Gasteiger partial charge in [-0.3, -0.25) is 4.79 Å². The summed E-state index contributed by atoms with van der Waals surface area (Å²) in [5.41, 5.74) is 0. The topological polar surface area (TPSA) is 32.3 Å². The number of nitrogens with one attached hydrogen (secondary N) is 1. The van der Waals surface area contributed by atoms with Gasteiger partial charge in [0.2, 0.25) is 5.91 Å². The van der Waals surface area contributed by atoms with Crippen LogP contribution in [0.2, 0.25) is 0 Å². The Morgan fingerprint density at radius 1 is 1.48 bits per heavy atom. The minimum absolute atomic E-state index is 0. The van der Waals surface area contributed by atoms with Gasteiger partial charge in [-0.05, 0) is 73.8 Å². The van der Waals surface area contributed by atoms with Crippen LogP contribution < -0.4 is 5.32 Å². The van der Waals surface area contributed by atoms with Crippen LogP contribution in [0.3, 0.4) is 0 Å². The molecule has 1 saturated heterocycles. The molecule has 1 amide bonds. The van der Waals surface area contributed by atoms with Crippen LogP contribution in [-0.2, 0) is 4.79 Å². The van der Waals surface area contributed by atoms with Gasteiger partial charge in [-0.2, -0.15) is 0 Å². The number of hydrogen-bond donors (Lipinski definition) is 1. The molecule has 21 heavy (non-hydrogen) atoms. The minimum Gasteiger partial charge on any atom is -0.342 e. The molecule has 2 rings (SSSR count). The summed E-state index contributed by atoms with van der Waals surface area (Å²) in [5.74, 6) is 1.05. The first kappa shape index (κ1) is 18.9. The molecule has 0 bridgehead atoms. The molecule has 0 spiro atoms. The average molecular weight is 396 g/mol. The molecule has 1 aromatic rings. The summed E-state index contributed by atoms with van der Waals surface area (Å²) in [7, 11) is 2.00. The molecule has 0 saturated carbocycles. The Balaban J connectivity index is 0.00000220. The normalized spacial score (nSPS) is 17.4. The number of nitrogens with zero attached hydrogens (tertiary/aromatic N) is 1. The first-order valence-electron chi connectivity index (χ1n) is 7.30. The Bertz CT molecular complexity index is 447. The molecule has 0 aliphatic carbocycles. The summed E-state index contributed by atoms with van der Waals surface area (Å²) in [6.07, 6.45) is 3.52. The highest BCUT2D eigenvalue weighted by Crippen LogP contribution is 2.30. The van der Waals surface area contributed by atoms with Gasteiger partial charge in [-0.1, -0.05) is 0 Å². The smallest absolute Gasteiger partial charge is 0.230 e. The predicted molar refractivity (Wildman–Crippen MR) is 95.5 cm³/mol. The summed E-state index contributed by atoms with van der Waals surface area (Å²) in [4.78, 5) is 15.7. The van der Waals surface area contributed by atoms with Crippen molar-refractivity contribution in [2.75, 3.05) is 26.7 Å². The first-order valence-corrected chi connectivity index (χ1v) is 8.91. The zero-order valence-corrected chi connectivity index (χ0v) is 15.8. The number of halogens is 2. The third-order valence-corrected chi connectivity index (χ3v) is 5.93. The predicted octanol–water partition coefficient (Wildman–Crippen LogP) is 3.88. The van der Waals surface area contributed by atoms with E-state index in [-0.39, 0.29) is 24.2 Å². The summed E-state index contributed by atoms with van der Waals surface area (Å²) < 4.78 is 1.10. The zero-order chi connectivity index (χ0) is 14.5. The van der Waals surface area contributed by atoms with E-state index in [4.69, 9.17) is 0 Å². The van der Waals surface area contributed by atoms with E-state index < -0.39 is 0 Å². The molecule has 1 N–H and O–H groups in total. The molecule has 6 heteroatoms. The number of hydrogen-bond acceptors (Lipinski definition) is 3. The monoisotopic (exact) mass is 394 g/mol. The van der Waals surface area contributed by atoms with Gasteiger partial charge in [-0.15, -0.1) is 23.7 Å². The quantitative estimate of drug-likeness (QED) is 0.820. The lowest BCUT2D eigenvalue weighted by molar-refractivity contribution is -0.133. The van der Waals surface area contributed by atoms with Gasteiger partial charge in [0.05, 0.1) is 9.70 Å². The van der Waals surface area contributed by atoms with E-state index in [1.54, 1.807) is 11.3 Å². The Kier molecular flexibility index (Phi) is 8.24. The highest BCUT2D eigenvalue weighted by Gasteiger charge is 2.27. The van der Waals surface area contributed by atoms with Crippen molar-refractivity contribution in [2.24, 2.45) is 5.92 Å². The van der Waals surface area contributed by atoms with Crippen LogP contribution in [0.15, 0.2) is 15.9 Å². The lowest BCUT2D eigenvalue weighted by Crippen LogP contribution is -2.40. The Labute approximate surface area is 146 Å². The van der Waals surface area contributed by atoms with Gasteiger partial charge in [0.15, 0.2) is 0 Å². The lowest BCUT2D eigenvalue weighted by atomic mass is 9.93. The van der Waals surface area contributed by atoms with Crippen molar-refractivity contribution in [1.29, 1.82) is 0 Å². The highest BCUT2D eigenvalue weighted by atomic mass is 79.9. The third kappa shape index (κ3) is 5.23. The average Bonchev–Trinajstić information content (AvgIpc) is 2.90. The maximum Gasteiger partial charge on any atom is 0.230 e. The number of amides is 1. The van der Waals surface area contributed by atoms with Crippen LogP contribution in [0.4, 0.5) is 0 Å². The number of likely N-dealkylation sites (tertiary alicyclic amines) is 1. The molecular weight excluding hydrogens is 372 g/mol.